The van der Waals surface area contributed by atoms with Crippen LogP contribution in [0.3, 0.4) is 0 Å². The van der Waals surface area contributed by atoms with Crippen molar-refractivity contribution in [2.75, 3.05) is 0 Å². The van der Waals surface area contributed by atoms with Gasteiger partial charge in [0.1, 0.15) is 5.60 Å². The molecule has 0 aromatic rings. The van der Waals surface area contributed by atoms with Crippen molar-refractivity contribution < 1.29 is 14.6 Å². The largest absolute Gasteiger partial charge is 0.506 e. The minimum atomic E-state index is -1.14. The second-order valence-corrected chi connectivity index (χ2v) is 2.76. The fourth-order valence-corrected chi connectivity index (χ4v) is 1.28. The van der Waals surface area contributed by atoms with Crippen molar-refractivity contribution in [3.05, 3.63) is 0 Å². The zero-order valence-corrected chi connectivity index (χ0v) is 6.09. The molecule has 1 N–H and O–H groups in total. The van der Waals surface area contributed by atoms with E-state index in [0.29, 0.717) is 0 Å². The van der Waals surface area contributed by atoms with Crippen LogP contribution in [-0.2, 0) is 4.74 Å². The molecule has 3 nitrogen and oxygen atoms in total. The molecular weight excluding hydrogens is 132 g/mol. The predicted octanol–water partition coefficient (Wildman–Crippen LogP) is 2.01. The molecule has 1 saturated carbocycles. The Balaban J connectivity index is 2.40. The van der Waals surface area contributed by atoms with Gasteiger partial charge in [-0.05, 0) is 25.7 Å². The lowest BCUT2D eigenvalue weighted by molar-refractivity contribution is -0.0706. The highest BCUT2D eigenvalue weighted by Gasteiger charge is 2.38. The van der Waals surface area contributed by atoms with Gasteiger partial charge in [0.25, 0.3) is 0 Å². The Morgan fingerprint density at radius 3 is 2.40 bits per heavy atom. The number of ether oxygens (including phenoxy) is 1. The number of rotatable bonds is 2. The van der Waals surface area contributed by atoms with Crippen LogP contribution in [0.4, 0.5) is 4.79 Å². The van der Waals surface area contributed by atoms with Crippen molar-refractivity contribution in [1.29, 1.82) is 0 Å². The molecule has 0 unspecified atom stereocenters. The van der Waals surface area contributed by atoms with Gasteiger partial charge in [0.05, 0.1) is 0 Å². The van der Waals surface area contributed by atoms with E-state index in [1.54, 1.807) is 0 Å². The van der Waals surface area contributed by atoms with Crippen molar-refractivity contribution >= 4 is 6.16 Å². The van der Waals surface area contributed by atoms with E-state index in [2.05, 4.69) is 0 Å². The van der Waals surface area contributed by atoms with Gasteiger partial charge in [-0.3, -0.25) is 0 Å². The third-order valence-corrected chi connectivity index (χ3v) is 2.21. The average Bonchev–Trinajstić information content (AvgIpc) is 1.78. The number of hydrogen-bond acceptors (Lipinski definition) is 2. The van der Waals surface area contributed by atoms with E-state index < -0.39 is 6.16 Å². The van der Waals surface area contributed by atoms with E-state index in [-0.39, 0.29) is 5.60 Å². The summed E-state index contributed by atoms with van der Waals surface area (Å²) >= 11 is 0. The summed E-state index contributed by atoms with van der Waals surface area (Å²) in [7, 11) is 0. The molecule has 0 atom stereocenters. The minimum Gasteiger partial charge on any atom is -0.450 e. The van der Waals surface area contributed by atoms with Crippen LogP contribution in [0.5, 0.6) is 0 Å². The van der Waals surface area contributed by atoms with Gasteiger partial charge in [0.15, 0.2) is 0 Å². The molecule has 0 saturated heterocycles. The molecule has 0 radical (unpaired) electrons. The summed E-state index contributed by atoms with van der Waals surface area (Å²) in [6.07, 6.45) is 2.56. The van der Waals surface area contributed by atoms with Gasteiger partial charge in [-0.2, -0.15) is 0 Å². The molecule has 0 aliphatic heterocycles. The first-order valence-electron chi connectivity index (χ1n) is 3.60. The third-order valence-electron chi connectivity index (χ3n) is 2.21. The fourth-order valence-electron chi connectivity index (χ4n) is 1.28. The van der Waals surface area contributed by atoms with Crippen LogP contribution in [0, 0.1) is 0 Å². The lowest BCUT2D eigenvalue weighted by atomic mass is 9.78. The van der Waals surface area contributed by atoms with Crippen molar-refractivity contribution in [2.24, 2.45) is 0 Å². The predicted molar refractivity (Wildman–Crippen MR) is 36.0 cm³/mol. The zero-order valence-electron chi connectivity index (χ0n) is 6.09. The standard InChI is InChI=1S/C7H12O3/c1-2-7(4-3-5-7)10-6(8)9/h2-5H2,1H3,(H,8,9). The fraction of sp³-hybridized carbons (Fsp3) is 0.857. The van der Waals surface area contributed by atoms with E-state index in [1.165, 1.54) is 0 Å². The van der Waals surface area contributed by atoms with Crippen LogP contribution in [0.15, 0.2) is 0 Å². The van der Waals surface area contributed by atoms with E-state index in [1.807, 2.05) is 6.92 Å². The summed E-state index contributed by atoms with van der Waals surface area (Å²) in [4.78, 5) is 10.1. The molecule has 1 rings (SSSR count). The van der Waals surface area contributed by atoms with Crippen molar-refractivity contribution in [1.82, 2.24) is 0 Å². The second kappa shape index (κ2) is 2.48. The topological polar surface area (TPSA) is 46.5 Å². The van der Waals surface area contributed by atoms with Gasteiger partial charge in [0, 0.05) is 0 Å². The summed E-state index contributed by atoms with van der Waals surface area (Å²) < 4.78 is 4.74. The lowest BCUT2D eigenvalue weighted by Crippen LogP contribution is -2.40. The second-order valence-electron chi connectivity index (χ2n) is 2.76. The maximum Gasteiger partial charge on any atom is 0.506 e. The van der Waals surface area contributed by atoms with Crippen LogP contribution >= 0.6 is 0 Å². The summed E-state index contributed by atoms with van der Waals surface area (Å²) in [6.45, 7) is 1.96. The first-order valence-corrected chi connectivity index (χ1v) is 3.60. The Morgan fingerprint density at radius 2 is 2.30 bits per heavy atom. The zero-order chi connectivity index (χ0) is 7.61. The molecule has 0 aromatic heterocycles. The van der Waals surface area contributed by atoms with Crippen LogP contribution < -0.4 is 0 Å². The molecule has 0 spiro atoms. The SMILES string of the molecule is CCC1(OC(=O)O)CCC1. The highest BCUT2D eigenvalue weighted by Crippen LogP contribution is 2.38. The molecule has 1 fully saturated rings. The quantitative estimate of drug-likeness (QED) is 0.603. The van der Waals surface area contributed by atoms with E-state index in [4.69, 9.17) is 9.84 Å². The highest BCUT2D eigenvalue weighted by atomic mass is 16.7. The highest BCUT2D eigenvalue weighted by molar-refractivity contribution is 5.57. The van der Waals surface area contributed by atoms with E-state index in [9.17, 15) is 4.79 Å². The van der Waals surface area contributed by atoms with Crippen LogP contribution in [0.2, 0.25) is 0 Å². The Hall–Kier alpha value is -0.730. The monoisotopic (exact) mass is 144 g/mol. The summed E-state index contributed by atoms with van der Waals surface area (Å²) in [5.41, 5.74) is -0.314. The van der Waals surface area contributed by atoms with Gasteiger partial charge in [-0.15, -0.1) is 0 Å². The Bertz CT molecular complexity index is 132. The van der Waals surface area contributed by atoms with Crippen LogP contribution in [-0.4, -0.2) is 16.9 Å². The van der Waals surface area contributed by atoms with Gasteiger partial charge in [-0.25, -0.2) is 4.79 Å². The molecular formula is C7H12O3. The van der Waals surface area contributed by atoms with Gasteiger partial charge >= 0.3 is 6.16 Å². The van der Waals surface area contributed by atoms with Crippen molar-refractivity contribution in [3.63, 3.8) is 0 Å². The van der Waals surface area contributed by atoms with E-state index >= 15 is 0 Å². The van der Waals surface area contributed by atoms with Crippen molar-refractivity contribution in [3.8, 4) is 0 Å². The Kier molecular flexibility index (Phi) is 1.83. The molecule has 1 aliphatic carbocycles. The summed E-state index contributed by atoms with van der Waals surface area (Å²) in [5, 5.41) is 8.32. The van der Waals surface area contributed by atoms with Gasteiger partial charge < -0.3 is 9.84 Å². The average molecular weight is 144 g/mol. The number of carboxylic acid groups (broad SMARTS) is 1. The maximum absolute atomic E-state index is 10.1. The molecule has 0 aromatic carbocycles. The minimum absolute atomic E-state index is 0.314. The third kappa shape index (κ3) is 1.23. The molecule has 0 bridgehead atoms. The first-order chi connectivity index (χ1) is 4.68. The number of carbonyl (C=O) groups is 1. The maximum atomic E-state index is 10.1. The Labute approximate surface area is 60.0 Å². The summed E-state index contributed by atoms with van der Waals surface area (Å²) in [5.74, 6) is 0. The lowest BCUT2D eigenvalue weighted by Gasteiger charge is -2.38. The van der Waals surface area contributed by atoms with E-state index in [0.717, 1.165) is 25.7 Å². The molecule has 10 heavy (non-hydrogen) atoms. The molecule has 0 amide bonds. The first kappa shape index (κ1) is 7.38. The van der Waals surface area contributed by atoms with Crippen LogP contribution in [0.1, 0.15) is 32.6 Å². The van der Waals surface area contributed by atoms with Crippen molar-refractivity contribution in [2.45, 2.75) is 38.2 Å². The van der Waals surface area contributed by atoms with Gasteiger partial charge in [0.2, 0.25) is 0 Å². The number of hydrogen-bond donors (Lipinski definition) is 1. The molecule has 0 heterocycles. The van der Waals surface area contributed by atoms with Crippen LogP contribution in [0.25, 0.3) is 0 Å². The van der Waals surface area contributed by atoms with Gasteiger partial charge in [-0.1, -0.05) is 6.92 Å². The molecule has 1 aliphatic rings. The molecule has 58 valence electrons. The smallest absolute Gasteiger partial charge is 0.450 e. The molecule has 3 heteroatoms. The summed E-state index contributed by atoms with van der Waals surface area (Å²) in [6, 6.07) is 0. The normalized spacial score (nSPS) is 21.3. The Morgan fingerprint density at radius 1 is 1.70 bits per heavy atom.